The molecule has 1 aromatic rings. The standard InChI is InChI=1S/C15H18O4/c1-2-18-15(17)8-9-19-12-6-7-13-11(10-12)4-3-5-14(13)16/h6-7,10H,2-5,8-9H2,1H3. The summed E-state index contributed by atoms with van der Waals surface area (Å²) in [5.74, 6) is 0.660. The normalized spacial score (nSPS) is 13.8. The second-order valence-electron chi connectivity index (χ2n) is 4.50. The first-order valence-electron chi connectivity index (χ1n) is 6.65. The highest BCUT2D eigenvalue weighted by atomic mass is 16.5. The molecule has 0 aromatic heterocycles. The molecular formula is C15H18O4. The maximum atomic E-state index is 11.7. The van der Waals surface area contributed by atoms with E-state index in [-0.39, 0.29) is 18.2 Å². The van der Waals surface area contributed by atoms with E-state index in [0.717, 1.165) is 24.0 Å². The molecule has 2 rings (SSSR count). The van der Waals surface area contributed by atoms with E-state index in [2.05, 4.69) is 0 Å². The molecule has 0 aliphatic heterocycles. The third-order valence-corrected chi connectivity index (χ3v) is 3.11. The van der Waals surface area contributed by atoms with Crippen molar-refractivity contribution in [2.24, 2.45) is 0 Å². The summed E-state index contributed by atoms with van der Waals surface area (Å²) in [6, 6.07) is 5.50. The van der Waals surface area contributed by atoms with Crippen LogP contribution in [0.5, 0.6) is 5.75 Å². The van der Waals surface area contributed by atoms with Crippen molar-refractivity contribution in [1.82, 2.24) is 0 Å². The van der Waals surface area contributed by atoms with Crippen LogP contribution in [0, 0.1) is 0 Å². The SMILES string of the molecule is CCOC(=O)CCOc1ccc2c(c1)CCCC2=O. The van der Waals surface area contributed by atoms with E-state index in [0.29, 0.717) is 25.4 Å². The molecule has 0 bridgehead atoms. The number of ether oxygens (including phenoxy) is 2. The number of aryl methyl sites for hydroxylation is 1. The summed E-state index contributed by atoms with van der Waals surface area (Å²) in [5.41, 5.74) is 1.86. The van der Waals surface area contributed by atoms with Gasteiger partial charge >= 0.3 is 5.97 Å². The molecule has 0 unspecified atom stereocenters. The van der Waals surface area contributed by atoms with Crippen LogP contribution in [0.25, 0.3) is 0 Å². The van der Waals surface area contributed by atoms with Crippen molar-refractivity contribution in [3.63, 3.8) is 0 Å². The van der Waals surface area contributed by atoms with Crippen LogP contribution in [0.4, 0.5) is 0 Å². The van der Waals surface area contributed by atoms with Gasteiger partial charge in [0.25, 0.3) is 0 Å². The molecule has 0 amide bonds. The molecule has 0 saturated carbocycles. The summed E-state index contributed by atoms with van der Waals surface area (Å²) in [6.07, 6.45) is 2.69. The number of esters is 1. The van der Waals surface area contributed by atoms with Gasteiger partial charge in [-0.1, -0.05) is 0 Å². The summed E-state index contributed by atoms with van der Waals surface area (Å²) in [6.45, 7) is 2.46. The fourth-order valence-electron chi connectivity index (χ4n) is 2.20. The highest BCUT2D eigenvalue weighted by Gasteiger charge is 2.17. The maximum Gasteiger partial charge on any atom is 0.309 e. The number of fused-ring (bicyclic) bond motifs is 1. The van der Waals surface area contributed by atoms with Crippen LogP contribution in [0.2, 0.25) is 0 Å². The molecule has 4 heteroatoms. The Morgan fingerprint density at radius 1 is 1.32 bits per heavy atom. The molecule has 4 nitrogen and oxygen atoms in total. The van der Waals surface area contributed by atoms with Crippen LogP contribution >= 0.6 is 0 Å². The van der Waals surface area contributed by atoms with Crippen LogP contribution in [0.15, 0.2) is 18.2 Å². The Kier molecular flexibility index (Phi) is 4.55. The highest BCUT2D eigenvalue weighted by molar-refractivity contribution is 5.98. The molecule has 0 N–H and O–H groups in total. The number of hydrogen-bond donors (Lipinski definition) is 0. The molecule has 102 valence electrons. The molecular weight excluding hydrogens is 244 g/mol. The molecule has 0 saturated heterocycles. The first-order chi connectivity index (χ1) is 9.20. The zero-order valence-electron chi connectivity index (χ0n) is 11.1. The smallest absolute Gasteiger partial charge is 0.309 e. The van der Waals surface area contributed by atoms with Gasteiger partial charge in [0.15, 0.2) is 5.78 Å². The van der Waals surface area contributed by atoms with E-state index in [9.17, 15) is 9.59 Å². The fourth-order valence-corrected chi connectivity index (χ4v) is 2.20. The van der Waals surface area contributed by atoms with Crippen LogP contribution in [0.3, 0.4) is 0 Å². The monoisotopic (exact) mass is 262 g/mol. The molecule has 0 spiro atoms. The van der Waals surface area contributed by atoms with Crippen LogP contribution < -0.4 is 4.74 Å². The molecule has 1 aromatic carbocycles. The van der Waals surface area contributed by atoms with Gasteiger partial charge in [0, 0.05) is 12.0 Å². The lowest BCUT2D eigenvalue weighted by atomic mass is 9.90. The van der Waals surface area contributed by atoms with Crippen molar-refractivity contribution in [3.05, 3.63) is 29.3 Å². The lowest BCUT2D eigenvalue weighted by Crippen LogP contribution is -2.12. The summed E-state index contributed by atoms with van der Waals surface area (Å²) in [5, 5.41) is 0. The first kappa shape index (κ1) is 13.6. The Hall–Kier alpha value is -1.84. The maximum absolute atomic E-state index is 11.7. The zero-order valence-corrected chi connectivity index (χ0v) is 11.1. The van der Waals surface area contributed by atoms with E-state index in [1.165, 1.54) is 0 Å². The quantitative estimate of drug-likeness (QED) is 0.765. The number of rotatable bonds is 5. The van der Waals surface area contributed by atoms with Gasteiger partial charge in [0.2, 0.25) is 0 Å². The van der Waals surface area contributed by atoms with Gasteiger partial charge in [-0.15, -0.1) is 0 Å². The fraction of sp³-hybridized carbons (Fsp3) is 0.467. The molecule has 0 atom stereocenters. The lowest BCUT2D eigenvalue weighted by molar-refractivity contribution is -0.143. The van der Waals surface area contributed by atoms with Gasteiger partial charge in [-0.3, -0.25) is 9.59 Å². The van der Waals surface area contributed by atoms with Crippen molar-refractivity contribution >= 4 is 11.8 Å². The number of ketones is 1. The third kappa shape index (κ3) is 3.56. The molecule has 0 radical (unpaired) electrons. The number of benzene rings is 1. The number of Topliss-reactive ketones (excluding diaryl/α,β-unsaturated/α-hetero) is 1. The minimum Gasteiger partial charge on any atom is -0.493 e. The Bertz CT molecular complexity index is 479. The number of carbonyl (C=O) groups is 2. The van der Waals surface area contributed by atoms with Crippen molar-refractivity contribution in [2.45, 2.75) is 32.6 Å². The Morgan fingerprint density at radius 3 is 2.95 bits per heavy atom. The Labute approximate surface area is 112 Å². The summed E-state index contributed by atoms with van der Waals surface area (Å²) in [7, 11) is 0. The van der Waals surface area contributed by atoms with Crippen LogP contribution in [-0.4, -0.2) is 25.0 Å². The van der Waals surface area contributed by atoms with Gasteiger partial charge in [-0.05, 0) is 43.5 Å². The highest BCUT2D eigenvalue weighted by Crippen LogP contribution is 2.25. The predicted octanol–water partition coefficient (Wildman–Crippen LogP) is 2.54. The van der Waals surface area contributed by atoms with Crippen LogP contribution in [0.1, 0.15) is 42.1 Å². The van der Waals surface area contributed by atoms with E-state index in [1.807, 2.05) is 12.1 Å². The van der Waals surface area contributed by atoms with E-state index in [1.54, 1.807) is 13.0 Å². The predicted molar refractivity (Wildman–Crippen MR) is 70.5 cm³/mol. The van der Waals surface area contributed by atoms with Crippen molar-refractivity contribution in [2.75, 3.05) is 13.2 Å². The third-order valence-electron chi connectivity index (χ3n) is 3.11. The minimum absolute atomic E-state index is 0.208. The van der Waals surface area contributed by atoms with Gasteiger partial charge in [0.1, 0.15) is 5.75 Å². The average Bonchev–Trinajstić information content (AvgIpc) is 2.39. The largest absolute Gasteiger partial charge is 0.493 e. The van der Waals surface area contributed by atoms with Crippen molar-refractivity contribution < 1.29 is 19.1 Å². The molecule has 0 fully saturated rings. The molecule has 1 aliphatic rings. The van der Waals surface area contributed by atoms with Gasteiger partial charge in [-0.2, -0.15) is 0 Å². The topological polar surface area (TPSA) is 52.6 Å². The number of hydrogen-bond acceptors (Lipinski definition) is 4. The molecule has 19 heavy (non-hydrogen) atoms. The van der Waals surface area contributed by atoms with Crippen LogP contribution in [-0.2, 0) is 16.0 Å². The van der Waals surface area contributed by atoms with Crippen molar-refractivity contribution in [3.8, 4) is 5.75 Å². The Balaban J connectivity index is 1.91. The second-order valence-corrected chi connectivity index (χ2v) is 4.50. The lowest BCUT2D eigenvalue weighted by Gasteiger charge is -2.15. The summed E-state index contributed by atoms with van der Waals surface area (Å²) >= 11 is 0. The average molecular weight is 262 g/mol. The minimum atomic E-state index is -0.254. The van der Waals surface area contributed by atoms with Gasteiger partial charge in [-0.25, -0.2) is 0 Å². The van der Waals surface area contributed by atoms with E-state index < -0.39 is 0 Å². The van der Waals surface area contributed by atoms with E-state index in [4.69, 9.17) is 9.47 Å². The number of carbonyl (C=O) groups excluding carboxylic acids is 2. The molecule has 1 aliphatic carbocycles. The summed E-state index contributed by atoms with van der Waals surface area (Å²) < 4.78 is 10.3. The van der Waals surface area contributed by atoms with Gasteiger partial charge < -0.3 is 9.47 Å². The second kappa shape index (κ2) is 6.36. The molecule has 0 heterocycles. The Morgan fingerprint density at radius 2 is 2.16 bits per heavy atom. The van der Waals surface area contributed by atoms with E-state index >= 15 is 0 Å². The van der Waals surface area contributed by atoms with Crippen molar-refractivity contribution in [1.29, 1.82) is 0 Å². The van der Waals surface area contributed by atoms with Gasteiger partial charge in [0.05, 0.1) is 19.6 Å². The zero-order chi connectivity index (χ0) is 13.7. The first-order valence-corrected chi connectivity index (χ1v) is 6.65. The summed E-state index contributed by atoms with van der Waals surface area (Å²) in [4.78, 5) is 22.8.